The van der Waals surface area contributed by atoms with Crippen LogP contribution in [-0.4, -0.2) is 45.6 Å². The monoisotopic (exact) mass is 409 g/mol. The predicted molar refractivity (Wildman–Crippen MR) is 98.4 cm³/mol. The van der Waals surface area contributed by atoms with Crippen molar-refractivity contribution >= 4 is 41.7 Å². The third-order valence-corrected chi connectivity index (χ3v) is 3.46. The highest BCUT2D eigenvalue weighted by Gasteiger charge is 1.97. The van der Waals surface area contributed by atoms with E-state index in [0.29, 0.717) is 0 Å². The van der Waals surface area contributed by atoms with Gasteiger partial charge in [-0.25, -0.2) is 0 Å². The molecule has 0 aliphatic rings. The summed E-state index contributed by atoms with van der Waals surface area (Å²) in [6.45, 7) is 2.54. The van der Waals surface area contributed by atoms with Crippen LogP contribution >= 0.6 is 35.7 Å². The lowest BCUT2D eigenvalue weighted by Crippen LogP contribution is -2.39. The Hall–Kier alpha value is -0.470. The highest BCUT2D eigenvalue weighted by molar-refractivity contribution is 14.0. The summed E-state index contributed by atoms with van der Waals surface area (Å²) in [6, 6.07) is 10.4. The number of hydrogen-bond acceptors (Lipinski definition) is 3. The lowest BCUT2D eigenvalue weighted by atomic mass is 10.4. The number of nitrogens with zero attached hydrogens (tertiary/aromatic N) is 1. The molecule has 0 heterocycles. The van der Waals surface area contributed by atoms with Crippen LogP contribution in [0.4, 0.5) is 0 Å². The molecule has 0 atom stereocenters. The molecule has 0 fully saturated rings. The lowest BCUT2D eigenvalue weighted by Gasteiger charge is -2.11. The molecule has 1 rings (SSSR count). The van der Waals surface area contributed by atoms with E-state index < -0.39 is 0 Å². The first kappa shape index (κ1) is 19.5. The molecule has 6 heteroatoms. The Balaban J connectivity index is 0.00000361. The van der Waals surface area contributed by atoms with Crippen molar-refractivity contribution in [3.05, 3.63) is 30.3 Å². The molecule has 0 unspecified atom stereocenters. The maximum Gasteiger partial charge on any atom is 0.191 e. The minimum atomic E-state index is 0. The number of methoxy groups -OCH3 is 1. The summed E-state index contributed by atoms with van der Waals surface area (Å²) in [5.74, 6) is 1.87. The Bertz CT molecular complexity index is 363. The van der Waals surface area contributed by atoms with Gasteiger partial charge in [-0.15, -0.1) is 35.7 Å². The van der Waals surface area contributed by atoms with Crippen molar-refractivity contribution in [3.63, 3.8) is 0 Å². The van der Waals surface area contributed by atoms with Crippen LogP contribution in [0, 0.1) is 0 Å². The quantitative estimate of drug-likeness (QED) is 0.228. The number of thioether (sulfide) groups is 1. The van der Waals surface area contributed by atoms with E-state index in [4.69, 9.17) is 4.74 Å². The van der Waals surface area contributed by atoms with Crippen molar-refractivity contribution < 1.29 is 4.74 Å². The van der Waals surface area contributed by atoms with Crippen molar-refractivity contribution in [2.75, 3.05) is 39.6 Å². The van der Waals surface area contributed by atoms with Gasteiger partial charge in [0.1, 0.15) is 0 Å². The number of ether oxygens (including phenoxy) is 1. The van der Waals surface area contributed by atoms with Gasteiger partial charge in [0.05, 0.1) is 0 Å². The topological polar surface area (TPSA) is 45.7 Å². The zero-order chi connectivity index (χ0) is 13.8. The molecular formula is C14H24IN3OS. The molecule has 0 amide bonds. The maximum atomic E-state index is 5.00. The van der Waals surface area contributed by atoms with E-state index in [2.05, 4.69) is 39.9 Å². The predicted octanol–water partition coefficient (Wildman–Crippen LogP) is 2.60. The molecule has 0 spiro atoms. The Morgan fingerprint density at radius 3 is 2.55 bits per heavy atom. The van der Waals surface area contributed by atoms with Crippen LogP contribution in [0.3, 0.4) is 0 Å². The van der Waals surface area contributed by atoms with Crippen molar-refractivity contribution in [2.24, 2.45) is 4.99 Å². The molecule has 4 nitrogen and oxygen atoms in total. The number of halogens is 1. The van der Waals surface area contributed by atoms with E-state index in [1.54, 1.807) is 14.2 Å². The number of aliphatic imine (C=N–C) groups is 1. The van der Waals surface area contributed by atoms with Crippen molar-refractivity contribution in [2.45, 2.75) is 11.3 Å². The van der Waals surface area contributed by atoms with Crippen molar-refractivity contribution in [1.82, 2.24) is 10.6 Å². The summed E-state index contributed by atoms with van der Waals surface area (Å²) < 4.78 is 5.00. The number of rotatable bonds is 8. The van der Waals surface area contributed by atoms with Crippen LogP contribution in [0.5, 0.6) is 0 Å². The molecule has 114 valence electrons. The standard InChI is InChI=1S/C14H23N3OS.HI/c1-15-14(16-9-6-11-18-2)17-10-12-19-13-7-4-3-5-8-13;/h3-5,7-8H,6,9-12H2,1-2H3,(H2,15,16,17);1H. The molecule has 20 heavy (non-hydrogen) atoms. The van der Waals surface area contributed by atoms with Gasteiger partial charge >= 0.3 is 0 Å². The van der Waals surface area contributed by atoms with Crippen LogP contribution in [0.15, 0.2) is 40.2 Å². The minimum Gasteiger partial charge on any atom is -0.385 e. The second kappa shape index (κ2) is 13.5. The van der Waals surface area contributed by atoms with E-state index in [1.807, 2.05) is 17.8 Å². The zero-order valence-electron chi connectivity index (χ0n) is 12.1. The van der Waals surface area contributed by atoms with Gasteiger partial charge in [-0.05, 0) is 18.6 Å². The Labute approximate surface area is 143 Å². The third-order valence-electron chi connectivity index (χ3n) is 2.45. The SMILES string of the molecule is CN=C(NCCCOC)NCCSc1ccccc1.I. The van der Waals surface area contributed by atoms with Gasteiger partial charge in [-0.1, -0.05) is 18.2 Å². The van der Waals surface area contributed by atoms with Gasteiger partial charge in [0.15, 0.2) is 5.96 Å². The highest BCUT2D eigenvalue weighted by atomic mass is 127. The van der Waals surface area contributed by atoms with Crippen LogP contribution in [-0.2, 0) is 4.74 Å². The smallest absolute Gasteiger partial charge is 0.191 e. The third kappa shape index (κ3) is 9.44. The fraction of sp³-hybridized carbons (Fsp3) is 0.500. The molecule has 2 N–H and O–H groups in total. The van der Waals surface area contributed by atoms with Crippen molar-refractivity contribution in [3.8, 4) is 0 Å². The highest BCUT2D eigenvalue weighted by Crippen LogP contribution is 2.15. The molecular weight excluding hydrogens is 385 g/mol. The Morgan fingerprint density at radius 2 is 1.90 bits per heavy atom. The van der Waals surface area contributed by atoms with Crippen LogP contribution in [0.2, 0.25) is 0 Å². The number of hydrogen-bond donors (Lipinski definition) is 2. The Morgan fingerprint density at radius 1 is 1.20 bits per heavy atom. The average molecular weight is 409 g/mol. The molecule has 0 saturated heterocycles. The lowest BCUT2D eigenvalue weighted by molar-refractivity contribution is 0.195. The van der Waals surface area contributed by atoms with Crippen molar-refractivity contribution in [1.29, 1.82) is 0 Å². The number of benzene rings is 1. The first-order valence-corrected chi connectivity index (χ1v) is 7.46. The average Bonchev–Trinajstić information content (AvgIpc) is 2.46. The van der Waals surface area contributed by atoms with E-state index >= 15 is 0 Å². The summed E-state index contributed by atoms with van der Waals surface area (Å²) in [5, 5.41) is 6.55. The molecule has 0 saturated carbocycles. The zero-order valence-corrected chi connectivity index (χ0v) is 15.2. The van der Waals surface area contributed by atoms with E-state index in [-0.39, 0.29) is 24.0 Å². The second-order valence-corrected chi connectivity index (χ2v) is 5.10. The largest absolute Gasteiger partial charge is 0.385 e. The summed E-state index contributed by atoms with van der Waals surface area (Å²) in [7, 11) is 3.50. The molecule has 0 aliphatic carbocycles. The summed E-state index contributed by atoms with van der Waals surface area (Å²) in [6.07, 6.45) is 0.982. The van der Waals surface area contributed by atoms with Gasteiger partial charge in [0, 0.05) is 44.5 Å². The first-order chi connectivity index (χ1) is 9.36. The summed E-state index contributed by atoms with van der Waals surface area (Å²) in [4.78, 5) is 5.47. The van der Waals surface area contributed by atoms with Gasteiger partial charge in [-0.3, -0.25) is 4.99 Å². The maximum absolute atomic E-state index is 5.00. The van der Waals surface area contributed by atoms with Gasteiger partial charge in [-0.2, -0.15) is 0 Å². The van der Waals surface area contributed by atoms with Crippen LogP contribution in [0.1, 0.15) is 6.42 Å². The van der Waals surface area contributed by atoms with Gasteiger partial charge < -0.3 is 15.4 Å². The summed E-state index contributed by atoms with van der Waals surface area (Å²) >= 11 is 1.84. The molecule has 0 bridgehead atoms. The number of nitrogens with one attached hydrogen (secondary N) is 2. The van der Waals surface area contributed by atoms with Crippen LogP contribution < -0.4 is 10.6 Å². The van der Waals surface area contributed by atoms with E-state index in [0.717, 1.165) is 37.8 Å². The molecule has 0 aromatic heterocycles. The molecule has 0 aliphatic heterocycles. The summed E-state index contributed by atoms with van der Waals surface area (Å²) in [5.41, 5.74) is 0. The Kier molecular flexibility index (Phi) is 13.2. The van der Waals surface area contributed by atoms with Crippen LogP contribution in [0.25, 0.3) is 0 Å². The minimum absolute atomic E-state index is 0. The molecule has 0 radical (unpaired) electrons. The van der Waals surface area contributed by atoms with E-state index in [9.17, 15) is 0 Å². The molecule has 1 aromatic rings. The molecule has 1 aromatic carbocycles. The van der Waals surface area contributed by atoms with Gasteiger partial charge in [0.25, 0.3) is 0 Å². The first-order valence-electron chi connectivity index (χ1n) is 6.48. The van der Waals surface area contributed by atoms with Gasteiger partial charge in [0.2, 0.25) is 0 Å². The fourth-order valence-corrected chi connectivity index (χ4v) is 2.29. The normalized spacial score (nSPS) is 10.8. The second-order valence-electron chi connectivity index (χ2n) is 3.93. The number of guanidine groups is 1. The fourth-order valence-electron chi connectivity index (χ4n) is 1.50. The van der Waals surface area contributed by atoms with E-state index in [1.165, 1.54) is 4.90 Å².